The van der Waals surface area contributed by atoms with Crippen molar-refractivity contribution in [2.45, 2.75) is 18.9 Å². The van der Waals surface area contributed by atoms with Gasteiger partial charge in [0.2, 0.25) is 0 Å². The first-order valence-corrected chi connectivity index (χ1v) is 3.89. The number of hydrogen-bond acceptors (Lipinski definition) is 1. The van der Waals surface area contributed by atoms with Gasteiger partial charge in [-0.15, -0.1) is 0 Å². The molecule has 3 atom stereocenters. The normalized spacial score (nSPS) is 43.9. The second-order valence-electron chi connectivity index (χ2n) is 3.23. The maximum atomic E-state index is 9.44. The molecule has 0 aromatic rings. The predicted molar refractivity (Wildman–Crippen MR) is 40.5 cm³/mol. The summed E-state index contributed by atoms with van der Waals surface area (Å²) in [7, 11) is 0. The van der Waals surface area contributed by atoms with E-state index in [4.69, 9.17) is 0 Å². The maximum Gasteiger partial charge on any atom is 0.0608 e. The molecule has 2 aliphatic carbocycles. The molecule has 1 fully saturated rings. The van der Waals surface area contributed by atoms with Gasteiger partial charge in [0.1, 0.15) is 0 Å². The molecule has 1 saturated carbocycles. The van der Waals surface area contributed by atoms with Crippen molar-refractivity contribution in [3.63, 3.8) is 0 Å². The van der Waals surface area contributed by atoms with E-state index in [1.807, 2.05) is 6.08 Å². The quantitative estimate of drug-likeness (QED) is 0.535. The van der Waals surface area contributed by atoms with E-state index in [0.717, 1.165) is 12.8 Å². The van der Waals surface area contributed by atoms with Crippen LogP contribution in [0, 0.1) is 11.8 Å². The van der Waals surface area contributed by atoms with Crippen LogP contribution in [0.25, 0.3) is 0 Å². The molecule has 0 amide bonds. The van der Waals surface area contributed by atoms with Crippen LogP contribution in [0.3, 0.4) is 0 Å². The highest BCUT2D eigenvalue weighted by Crippen LogP contribution is 2.34. The molecule has 2 rings (SSSR count). The van der Waals surface area contributed by atoms with Crippen molar-refractivity contribution >= 4 is 0 Å². The van der Waals surface area contributed by atoms with Crippen LogP contribution in [-0.2, 0) is 0 Å². The molecule has 0 unspecified atom stereocenters. The summed E-state index contributed by atoms with van der Waals surface area (Å²) in [4.78, 5) is 0. The van der Waals surface area contributed by atoms with E-state index in [1.165, 1.54) is 0 Å². The van der Waals surface area contributed by atoms with Gasteiger partial charge in [-0.2, -0.15) is 0 Å². The molecule has 2 aliphatic rings. The Kier molecular flexibility index (Phi) is 1.38. The summed E-state index contributed by atoms with van der Waals surface area (Å²) in [5.41, 5.74) is 0. The number of fused-ring (bicyclic) bond motifs is 2. The van der Waals surface area contributed by atoms with E-state index in [1.54, 1.807) is 0 Å². The highest BCUT2D eigenvalue weighted by atomic mass is 16.3. The summed E-state index contributed by atoms with van der Waals surface area (Å²) in [6, 6.07) is 0. The van der Waals surface area contributed by atoms with E-state index in [-0.39, 0.29) is 6.10 Å². The number of aliphatic hydroxyl groups is 1. The van der Waals surface area contributed by atoms with Crippen molar-refractivity contribution in [2.24, 2.45) is 11.8 Å². The second-order valence-corrected chi connectivity index (χ2v) is 3.23. The van der Waals surface area contributed by atoms with Crippen LogP contribution >= 0.6 is 0 Å². The highest BCUT2D eigenvalue weighted by Gasteiger charge is 2.30. The summed E-state index contributed by atoms with van der Waals surface area (Å²) in [6.07, 6.45) is 10.5. The fourth-order valence-corrected chi connectivity index (χ4v) is 1.88. The number of aliphatic hydroxyl groups excluding tert-OH is 1. The highest BCUT2D eigenvalue weighted by molar-refractivity contribution is 5.14. The van der Waals surface area contributed by atoms with Crippen molar-refractivity contribution in [3.8, 4) is 0 Å². The van der Waals surface area contributed by atoms with Gasteiger partial charge in [-0.3, -0.25) is 0 Å². The van der Waals surface area contributed by atoms with Crippen molar-refractivity contribution < 1.29 is 5.11 Å². The van der Waals surface area contributed by atoms with E-state index < -0.39 is 0 Å². The lowest BCUT2D eigenvalue weighted by Crippen LogP contribution is -2.09. The summed E-state index contributed by atoms with van der Waals surface area (Å²) < 4.78 is 0. The summed E-state index contributed by atoms with van der Waals surface area (Å²) in [5.74, 6) is 1.06. The molecule has 1 N–H and O–H groups in total. The lowest BCUT2D eigenvalue weighted by atomic mass is 10.1. The van der Waals surface area contributed by atoms with Gasteiger partial charge in [-0.25, -0.2) is 0 Å². The van der Waals surface area contributed by atoms with Gasteiger partial charge in [-0.05, 0) is 18.8 Å². The molecule has 0 radical (unpaired) electrons. The van der Waals surface area contributed by atoms with Crippen LogP contribution in [0.15, 0.2) is 24.3 Å². The van der Waals surface area contributed by atoms with Crippen LogP contribution in [0.5, 0.6) is 0 Å². The molecule has 10 heavy (non-hydrogen) atoms. The Morgan fingerprint density at radius 2 is 1.90 bits per heavy atom. The van der Waals surface area contributed by atoms with Gasteiger partial charge < -0.3 is 5.11 Å². The van der Waals surface area contributed by atoms with Crippen molar-refractivity contribution in [1.82, 2.24) is 0 Å². The molecule has 0 saturated heterocycles. The fraction of sp³-hybridized carbons (Fsp3) is 0.556. The minimum atomic E-state index is -0.0776. The third-order valence-corrected chi connectivity index (χ3v) is 2.47. The third kappa shape index (κ3) is 0.907. The van der Waals surface area contributed by atoms with Gasteiger partial charge in [-0.1, -0.05) is 24.3 Å². The van der Waals surface area contributed by atoms with Crippen LogP contribution in [0.2, 0.25) is 0 Å². The Morgan fingerprint density at radius 3 is 2.80 bits per heavy atom. The van der Waals surface area contributed by atoms with Crippen LogP contribution in [0.1, 0.15) is 12.8 Å². The molecule has 1 nitrogen and oxygen atoms in total. The zero-order valence-corrected chi connectivity index (χ0v) is 5.90. The Balaban J connectivity index is 2.21. The van der Waals surface area contributed by atoms with E-state index in [2.05, 4.69) is 18.2 Å². The Labute approximate surface area is 61.1 Å². The number of allylic oxidation sites excluding steroid dienone is 3. The average molecular weight is 136 g/mol. The zero-order valence-electron chi connectivity index (χ0n) is 5.90. The van der Waals surface area contributed by atoms with Gasteiger partial charge >= 0.3 is 0 Å². The molecular weight excluding hydrogens is 124 g/mol. The van der Waals surface area contributed by atoms with E-state index in [0.29, 0.717) is 11.8 Å². The van der Waals surface area contributed by atoms with Crippen molar-refractivity contribution in [3.05, 3.63) is 24.3 Å². The van der Waals surface area contributed by atoms with E-state index in [9.17, 15) is 5.11 Å². The Morgan fingerprint density at radius 1 is 1.10 bits per heavy atom. The maximum absolute atomic E-state index is 9.44. The standard InChI is InChI=1S/C9H12O/c10-9-6-7-3-1-2-4-8(9)5-7/h1-4,7-10H,5-6H2/t7-,8+,9-/m0/s1. The average Bonchev–Trinajstić information content (AvgIpc) is 2.18. The van der Waals surface area contributed by atoms with Gasteiger partial charge in [0.15, 0.2) is 0 Å². The molecule has 0 heterocycles. The Hall–Kier alpha value is -0.560. The first-order chi connectivity index (χ1) is 4.86. The topological polar surface area (TPSA) is 20.2 Å². The van der Waals surface area contributed by atoms with Gasteiger partial charge in [0, 0.05) is 5.92 Å². The predicted octanol–water partition coefficient (Wildman–Crippen LogP) is 1.50. The molecule has 0 aromatic heterocycles. The molecule has 2 bridgehead atoms. The molecule has 1 heteroatoms. The number of hydrogen-bond donors (Lipinski definition) is 1. The summed E-state index contributed by atoms with van der Waals surface area (Å²) >= 11 is 0. The van der Waals surface area contributed by atoms with Crippen molar-refractivity contribution in [2.75, 3.05) is 0 Å². The Bertz CT molecular complexity index is 181. The zero-order chi connectivity index (χ0) is 6.97. The molecule has 54 valence electrons. The largest absolute Gasteiger partial charge is 0.392 e. The molecule has 0 aliphatic heterocycles. The minimum Gasteiger partial charge on any atom is -0.392 e. The van der Waals surface area contributed by atoms with Crippen molar-refractivity contribution in [1.29, 1.82) is 0 Å². The summed E-state index contributed by atoms with van der Waals surface area (Å²) in [6.45, 7) is 0. The third-order valence-electron chi connectivity index (χ3n) is 2.47. The number of rotatable bonds is 0. The molecule has 0 aromatic carbocycles. The smallest absolute Gasteiger partial charge is 0.0608 e. The lowest BCUT2D eigenvalue weighted by molar-refractivity contribution is 0.151. The van der Waals surface area contributed by atoms with E-state index >= 15 is 0 Å². The van der Waals surface area contributed by atoms with Gasteiger partial charge in [0.25, 0.3) is 0 Å². The summed E-state index contributed by atoms with van der Waals surface area (Å²) in [5, 5.41) is 9.44. The van der Waals surface area contributed by atoms with Gasteiger partial charge in [0.05, 0.1) is 6.10 Å². The minimum absolute atomic E-state index is 0.0776. The SMILES string of the molecule is O[C@H]1C[C@H]2C=CC=C[C@@H]1C2. The van der Waals surface area contributed by atoms with Crippen LogP contribution in [0.4, 0.5) is 0 Å². The van der Waals surface area contributed by atoms with Crippen LogP contribution in [-0.4, -0.2) is 11.2 Å². The first-order valence-electron chi connectivity index (χ1n) is 3.89. The molecule has 0 spiro atoms. The molecular formula is C9H12O. The lowest BCUT2D eigenvalue weighted by Gasteiger charge is -2.07. The monoisotopic (exact) mass is 136 g/mol. The fourth-order valence-electron chi connectivity index (χ4n) is 1.88. The second kappa shape index (κ2) is 2.24. The van der Waals surface area contributed by atoms with Crippen LogP contribution < -0.4 is 0 Å². The first kappa shape index (κ1) is 6.17.